The Morgan fingerprint density at radius 1 is 1.33 bits per heavy atom. The smallest absolute Gasteiger partial charge is 0.0587 e. The van der Waals surface area contributed by atoms with E-state index in [1.807, 2.05) is 12.1 Å². The molecule has 0 aromatic heterocycles. The van der Waals surface area contributed by atoms with E-state index >= 15 is 0 Å². The minimum atomic E-state index is 0.0833. The van der Waals surface area contributed by atoms with Crippen LogP contribution in [0.5, 0.6) is 0 Å². The van der Waals surface area contributed by atoms with Gasteiger partial charge in [0.1, 0.15) is 0 Å². The topological polar surface area (TPSA) is 49.5 Å². The van der Waals surface area contributed by atoms with E-state index in [1.165, 1.54) is 12.0 Å². The van der Waals surface area contributed by atoms with Crippen LogP contribution in [0.1, 0.15) is 32.3 Å². The molecule has 1 heterocycles. The average Bonchev–Trinajstić information content (AvgIpc) is 2.81. The van der Waals surface area contributed by atoms with Gasteiger partial charge in [-0.25, -0.2) is 0 Å². The second-order valence-corrected chi connectivity index (χ2v) is 5.90. The van der Waals surface area contributed by atoms with Gasteiger partial charge in [0.2, 0.25) is 0 Å². The molecule has 1 aromatic carbocycles. The number of aliphatic hydroxyl groups excluding tert-OH is 1. The number of nitrogens with two attached hydrogens (primary N) is 1. The number of nitrogen functional groups attached to an aromatic ring is 1. The lowest BCUT2D eigenvalue weighted by Crippen LogP contribution is -2.49. The van der Waals surface area contributed by atoms with E-state index in [-0.39, 0.29) is 12.1 Å². The van der Waals surface area contributed by atoms with Gasteiger partial charge in [0.05, 0.1) is 6.61 Å². The summed E-state index contributed by atoms with van der Waals surface area (Å²) in [4.78, 5) is 2.45. The maximum absolute atomic E-state index is 9.44. The lowest BCUT2D eigenvalue weighted by atomic mass is 9.92. The molecule has 18 heavy (non-hydrogen) atoms. The third-order valence-electron chi connectivity index (χ3n) is 3.98. The summed E-state index contributed by atoms with van der Waals surface area (Å²) < 4.78 is 0. The lowest BCUT2D eigenvalue weighted by molar-refractivity contribution is 0.0689. The zero-order chi connectivity index (χ0) is 13.2. The third kappa shape index (κ3) is 2.85. The van der Waals surface area contributed by atoms with Crippen molar-refractivity contribution in [2.24, 2.45) is 0 Å². The van der Waals surface area contributed by atoms with Crippen LogP contribution >= 0.6 is 0 Å². The second kappa shape index (κ2) is 5.29. The van der Waals surface area contributed by atoms with Crippen LogP contribution in [0.4, 0.5) is 5.69 Å². The summed E-state index contributed by atoms with van der Waals surface area (Å²) >= 11 is 0. The van der Waals surface area contributed by atoms with Crippen molar-refractivity contribution in [2.75, 3.05) is 18.9 Å². The Morgan fingerprint density at radius 3 is 2.61 bits per heavy atom. The molecule has 1 saturated heterocycles. The highest BCUT2D eigenvalue weighted by atomic mass is 16.3. The van der Waals surface area contributed by atoms with Crippen LogP contribution < -0.4 is 5.73 Å². The highest BCUT2D eigenvalue weighted by molar-refractivity contribution is 5.39. The molecule has 1 aliphatic heterocycles. The van der Waals surface area contributed by atoms with Gasteiger partial charge in [0.15, 0.2) is 0 Å². The predicted molar refractivity (Wildman–Crippen MR) is 75.5 cm³/mol. The summed E-state index contributed by atoms with van der Waals surface area (Å²) in [6, 6.07) is 8.44. The van der Waals surface area contributed by atoms with Crippen LogP contribution in [0.25, 0.3) is 0 Å². The van der Waals surface area contributed by atoms with Crippen molar-refractivity contribution < 1.29 is 5.11 Å². The fourth-order valence-corrected chi connectivity index (χ4v) is 3.06. The number of likely N-dealkylation sites (tertiary alicyclic amines) is 1. The number of nitrogens with zero attached hydrogens (tertiary/aromatic N) is 1. The van der Waals surface area contributed by atoms with Crippen LogP contribution in [0, 0.1) is 0 Å². The first-order valence-corrected chi connectivity index (χ1v) is 6.75. The van der Waals surface area contributed by atoms with Gasteiger partial charge in [0, 0.05) is 17.3 Å². The van der Waals surface area contributed by atoms with E-state index in [1.54, 1.807) is 0 Å². The summed E-state index contributed by atoms with van der Waals surface area (Å²) in [7, 11) is 0. The zero-order valence-corrected chi connectivity index (χ0v) is 11.4. The number of hydrogen-bond donors (Lipinski definition) is 2. The molecule has 100 valence electrons. The summed E-state index contributed by atoms with van der Waals surface area (Å²) in [5, 5.41) is 9.44. The van der Waals surface area contributed by atoms with Gasteiger partial charge in [-0.3, -0.25) is 4.90 Å². The molecule has 2 rings (SSSR count). The molecule has 3 nitrogen and oxygen atoms in total. The number of aliphatic hydroxyl groups is 1. The van der Waals surface area contributed by atoms with Crippen LogP contribution in [-0.2, 0) is 6.42 Å². The normalized spacial score (nSPS) is 21.4. The van der Waals surface area contributed by atoms with Gasteiger partial charge >= 0.3 is 0 Å². The van der Waals surface area contributed by atoms with Gasteiger partial charge < -0.3 is 10.8 Å². The van der Waals surface area contributed by atoms with E-state index < -0.39 is 0 Å². The van der Waals surface area contributed by atoms with Crippen molar-refractivity contribution in [3.63, 3.8) is 0 Å². The van der Waals surface area contributed by atoms with Crippen molar-refractivity contribution in [3.8, 4) is 0 Å². The van der Waals surface area contributed by atoms with Crippen molar-refractivity contribution in [1.82, 2.24) is 4.90 Å². The van der Waals surface area contributed by atoms with Gasteiger partial charge in [-0.2, -0.15) is 0 Å². The van der Waals surface area contributed by atoms with Crippen molar-refractivity contribution in [1.29, 1.82) is 0 Å². The second-order valence-electron chi connectivity index (χ2n) is 5.90. The van der Waals surface area contributed by atoms with Crippen LogP contribution in [-0.4, -0.2) is 34.7 Å². The Bertz CT molecular complexity index is 386. The first kappa shape index (κ1) is 13.4. The van der Waals surface area contributed by atoms with E-state index in [2.05, 4.69) is 30.9 Å². The van der Waals surface area contributed by atoms with E-state index in [4.69, 9.17) is 5.73 Å². The maximum Gasteiger partial charge on any atom is 0.0587 e. The number of anilines is 1. The molecular formula is C15H24N2O. The van der Waals surface area contributed by atoms with Crippen LogP contribution in [0.3, 0.4) is 0 Å². The fourth-order valence-electron chi connectivity index (χ4n) is 3.06. The summed E-state index contributed by atoms with van der Waals surface area (Å²) in [5.74, 6) is 0. The molecule has 1 aromatic rings. The number of rotatable bonds is 4. The Labute approximate surface area is 110 Å². The minimum absolute atomic E-state index is 0.0833. The SMILES string of the molecule is CC(C)(Cc1ccc(N)cc1)N1CCCC1CO. The average molecular weight is 248 g/mol. The van der Waals surface area contributed by atoms with Gasteiger partial charge in [-0.15, -0.1) is 0 Å². The van der Waals surface area contributed by atoms with Crippen molar-refractivity contribution >= 4 is 5.69 Å². The molecule has 0 aliphatic carbocycles. The van der Waals surface area contributed by atoms with E-state index in [0.717, 1.165) is 25.1 Å². The first-order valence-electron chi connectivity index (χ1n) is 6.75. The van der Waals surface area contributed by atoms with Crippen LogP contribution in [0.2, 0.25) is 0 Å². The fraction of sp³-hybridized carbons (Fsp3) is 0.600. The monoisotopic (exact) mass is 248 g/mol. The lowest BCUT2D eigenvalue weighted by Gasteiger charge is -2.39. The third-order valence-corrected chi connectivity index (χ3v) is 3.98. The molecule has 3 heteroatoms. The molecular weight excluding hydrogens is 224 g/mol. The minimum Gasteiger partial charge on any atom is -0.399 e. The molecule has 0 saturated carbocycles. The molecule has 1 fully saturated rings. The summed E-state index contributed by atoms with van der Waals surface area (Å²) in [6.45, 7) is 5.88. The Kier molecular flexibility index (Phi) is 3.93. The van der Waals surface area contributed by atoms with E-state index in [0.29, 0.717) is 6.04 Å². The highest BCUT2D eigenvalue weighted by Crippen LogP contribution is 2.29. The Morgan fingerprint density at radius 2 is 2.00 bits per heavy atom. The zero-order valence-electron chi connectivity index (χ0n) is 11.4. The first-order chi connectivity index (χ1) is 8.53. The molecule has 0 amide bonds. The standard InChI is InChI=1S/C15H24N2O/c1-15(2,17-9-3-4-14(17)11-18)10-12-5-7-13(16)8-6-12/h5-8,14,18H,3-4,9-11,16H2,1-2H3. The highest BCUT2D eigenvalue weighted by Gasteiger charge is 2.35. The predicted octanol–water partition coefficient (Wildman–Crippen LogP) is 2.05. The van der Waals surface area contributed by atoms with E-state index in [9.17, 15) is 5.11 Å². The molecule has 1 unspecified atom stereocenters. The molecule has 0 bridgehead atoms. The molecule has 3 N–H and O–H groups in total. The summed E-state index contributed by atoms with van der Waals surface area (Å²) in [6.07, 6.45) is 3.29. The quantitative estimate of drug-likeness (QED) is 0.802. The Hall–Kier alpha value is -1.06. The summed E-state index contributed by atoms with van der Waals surface area (Å²) in [5.41, 5.74) is 7.91. The van der Waals surface area contributed by atoms with Crippen molar-refractivity contribution in [2.45, 2.75) is 44.7 Å². The van der Waals surface area contributed by atoms with Crippen LogP contribution in [0.15, 0.2) is 24.3 Å². The van der Waals surface area contributed by atoms with Gasteiger partial charge in [0.25, 0.3) is 0 Å². The van der Waals surface area contributed by atoms with Gasteiger partial charge in [-0.1, -0.05) is 12.1 Å². The molecule has 1 aliphatic rings. The molecule has 0 spiro atoms. The molecule has 1 atom stereocenters. The maximum atomic E-state index is 9.44. The Balaban J connectivity index is 2.08. The number of hydrogen-bond acceptors (Lipinski definition) is 3. The largest absolute Gasteiger partial charge is 0.399 e. The van der Waals surface area contributed by atoms with Crippen molar-refractivity contribution in [3.05, 3.63) is 29.8 Å². The number of benzene rings is 1. The molecule has 0 radical (unpaired) electrons. The van der Waals surface area contributed by atoms with Gasteiger partial charge in [-0.05, 0) is 57.4 Å².